The minimum atomic E-state index is -4.32. The first-order chi connectivity index (χ1) is 9.40. The molecule has 3 N–H and O–H groups in total. The average Bonchev–Trinajstić information content (AvgIpc) is 2.36. The summed E-state index contributed by atoms with van der Waals surface area (Å²) in [7, 11) is -4.32. The van der Waals surface area contributed by atoms with Crippen molar-refractivity contribution in [3.05, 3.63) is 53.9 Å². The van der Waals surface area contributed by atoms with Crippen LogP contribution in [-0.2, 0) is 16.6 Å². The molecule has 0 unspecified atom stereocenters. The van der Waals surface area contributed by atoms with Crippen molar-refractivity contribution in [3.8, 4) is 0 Å². The van der Waals surface area contributed by atoms with E-state index >= 15 is 0 Å². The maximum Gasteiger partial charge on any atom is 0.246 e. The summed E-state index contributed by atoms with van der Waals surface area (Å²) in [6, 6.07) is 4.75. The lowest BCUT2D eigenvalue weighted by molar-refractivity contribution is 0.514. The number of rotatable bonds is 4. The number of pyridine rings is 1. The van der Waals surface area contributed by atoms with Crippen molar-refractivity contribution >= 4 is 15.7 Å². The summed E-state index contributed by atoms with van der Waals surface area (Å²) in [6.07, 6.45) is 2.97. The number of benzene rings is 1. The fraction of sp³-hybridized carbons (Fsp3) is 0.0833. The van der Waals surface area contributed by atoms with Crippen LogP contribution >= 0.6 is 0 Å². The Bertz CT molecular complexity index is 698. The molecule has 1 heterocycles. The molecule has 0 bridgehead atoms. The van der Waals surface area contributed by atoms with E-state index in [0.717, 1.165) is 12.1 Å². The minimum Gasteiger partial charge on any atom is -0.399 e. The molecule has 0 fully saturated rings. The first kappa shape index (κ1) is 14.4. The van der Waals surface area contributed by atoms with Gasteiger partial charge in [-0.3, -0.25) is 4.98 Å². The topological polar surface area (TPSA) is 85.1 Å². The van der Waals surface area contributed by atoms with E-state index in [1.165, 1.54) is 12.4 Å². The van der Waals surface area contributed by atoms with Gasteiger partial charge in [-0.25, -0.2) is 21.9 Å². The lowest BCUT2D eigenvalue weighted by Crippen LogP contribution is -2.25. The maximum atomic E-state index is 13.6. The molecule has 0 amide bonds. The molecule has 0 aliphatic carbocycles. The second kappa shape index (κ2) is 5.51. The normalized spacial score (nSPS) is 11.5. The van der Waals surface area contributed by atoms with Gasteiger partial charge in [-0.05, 0) is 23.8 Å². The van der Waals surface area contributed by atoms with Crippen molar-refractivity contribution in [2.45, 2.75) is 11.4 Å². The van der Waals surface area contributed by atoms with Crippen LogP contribution in [0.25, 0.3) is 0 Å². The Kier molecular flexibility index (Phi) is 3.96. The van der Waals surface area contributed by atoms with Crippen molar-refractivity contribution in [2.24, 2.45) is 0 Å². The summed E-state index contributed by atoms with van der Waals surface area (Å²) in [4.78, 5) is 2.76. The van der Waals surface area contributed by atoms with Crippen LogP contribution in [0.3, 0.4) is 0 Å². The molecule has 2 aromatic rings. The standard InChI is InChI=1S/C12H11F2N3O2S/c13-10-4-9(15)5-11(14)12(10)20(18,19)17-7-8-2-1-3-16-6-8/h1-6,17H,7,15H2. The van der Waals surface area contributed by atoms with Crippen molar-refractivity contribution < 1.29 is 17.2 Å². The molecule has 20 heavy (non-hydrogen) atoms. The summed E-state index contributed by atoms with van der Waals surface area (Å²) < 4.78 is 53.1. The lowest BCUT2D eigenvalue weighted by atomic mass is 10.3. The van der Waals surface area contributed by atoms with E-state index < -0.39 is 26.6 Å². The Morgan fingerprint density at radius 3 is 2.45 bits per heavy atom. The largest absolute Gasteiger partial charge is 0.399 e. The molecule has 106 valence electrons. The summed E-state index contributed by atoms with van der Waals surface area (Å²) >= 11 is 0. The number of hydrogen-bond donors (Lipinski definition) is 2. The van der Waals surface area contributed by atoms with E-state index in [-0.39, 0.29) is 12.2 Å². The molecule has 0 spiro atoms. The number of anilines is 1. The van der Waals surface area contributed by atoms with Gasteiger partial charge < -0.3 is 5.73 Å². The Morgan fingerprint density at radius 2 is 1.90 bits per heavy atom. The van der Waals surface area contributed by atoms with E-state index in [4.69, 9.17) is 5.73 Å². The molecule has 0 aliphatic heterocycles. The van der Waals surface area contributed by atoms with E-state index in [0.29, 0.717) is 5.56 Å². The second-order valence-corrected chi connectivity index (χ2v) is 5.70. The van der Waals surface area contributed by atoms with E-state index in [9.17, 15) is 17.2 Å². The monoisotopic (exact) mass is 299 g/mol. The summed E-state index contributed by atoms with van der Waals surface area (Å²) in [5, 5.41) is 0. The fourth-order valence-electron chi connectivity index (χ4n) is 1.59. The summed E-state index contributed by atoms with van der Waals surface area (Å²) in [5.41, 5.74) is 5.61. The molecule has 0 atom stereocenters. The first-order valence-electron chi connectivity index (χ1n) is 5.53. The van der Waals surface area contributed by atoms with Gasteiger partial charge >= 0.3 is 0 Å². The van der Waals surface area contributed by atoms with Gasteiger partial charge in [-0.15, -0.1) is 0 Å². The van der Waals surface area contributed by atoms with E-state index in [1.807, 2.05) is 0 Å². The third-order valence-electron chi connectivity index (χ3n) is 2.48. The van der Waals surface area contributed by atoms with Crippen LogP contribution in [0.15, 0.2) is 41.6 Å². The fourth-order valence-corrected chi connectivity index (χ4v) is 2.72. The zero-order valence-corrected chi connectivity index (χ0v) is 11.0. The Balaban J connectivity index is 2.28. The van der Waals surface area contributed by atoms with Crippen molar-refractivity contribution in [2.75, 3.05) is 5.73 Å². The Morgan fingerprint density at radius 1 is 1.25 bits per heavy atom. The number of nitrogens with one attached hydrogen (secondary N) is 1. The van der Waals surface area contributed by atoms with Gasteiger partial charge in [0.25, 0.3) is 0 Å². The van der Waals surface area contributed by atoms with Crippen LogP contribution in [0.4, 0.5) is 14.5 Å². The quantitative estimate of drug-likeness (QED) is 0.836. The zero-order valence-electron chi connectivity index (χ0n) is 10.2. The molecule has 0 radical (unpaired) electrons. The first-order valence-corrected chi connectivity index (χ1v) is 7.01. The van der Waals surface area contributed by atoms with Gasteiger partial charge in [0.15, 0.2) is 4.90 Å². The molecular formula is C12H11F2N3O2S. The Hall–Kier alpha value is -2.06. The van der Waals surface area contributed by atoms with Gasteiger partial charge in [-0.2, -0.15) is 0 Å². The SMILES string of the molecule is Nc1cc(F)c(S(=O)(=O)NCc2cccnc2)c(F)c1. The van der Waals surface area contributed by atoms with Crippen LogP contribution in [0.5, 0.6) is 0 Å². The lowest BCUT2D eigenvalue weighted by Gasteiger charge is -2.09. The highest BCUT2D eigenvalue weighted by atomic mass is 32.2. The van der Waals surface area contributed by atoms with Gasteiger partial charge in [0.05, 0.1) is 0 Å². The van der Waals surface area contributed by atoms with Crippen LogP contribution < -0.4 is 10.5 Å². The van der Waals surface area contributed by atoms with Crippen molar-refractivity contribution in [1.29, 1.82) is 0 Å². The van der Waals surface area contributed by atoms with Gasteiger partial charge in [0, 0.05) is 24.6 Å². The number of nitrogen functional groups attached to an aromatic ring is 1. The van der Waals surface area contributed by atoms with Gasteiger partial charge in [0.2, 0.25) is 10.0 Å². The number of halogens is 2. The molecule has 0 aliphatic rings. The molecule has 1 aromatic heterocycles. The van der Waals surface area contributed by atoms with Crippen molar-refractivity contribution in [3.63, 3.8) is 0 Å². The van der Waals surface area contributed by atoms with Crippen LogP contribution in [0, 0.1) is 11.6 Å². The van der Waals surface area contributed by atoms with Gasteiger partial charge in [-0.1, -0.05) is 6.07 Å². The van der Waals surface area contributed by atoms with Crippen molar-refractivity contribution in [1.82, 2.24) is 9.71 Å². The third-order valence-corrected chi connectivity index (χ3v) is 3.93. The maximum absolute atomic E-state index is 13.6. The average molecular weight is 299 g/mol. The molecule has 8 heteroatoms. The Labute approximate surface area is 114 Å². The molecule has 1 aromatic carbocycles. The zero-order chi connectivity index (χ0) is 14.8. The third kappa shape index (κ3) is 3.09. The summed E-state index contributed by atoms with van der Waals surface area (Å²) in [6.45, 7) is -0.126. The molecule has 0 saturated heterocycles. The van der Waals surface area contributed by atoms with Crippen LogP contribution in [0.2, 0.25) is 0 Å². The number of nitrogens with zero attached hydrogens (tertiary/aromatic N) is 1. The molecule has 0 saturated carbocycles. The van der Waals surface area contributed by atoms with E-state index in [2.05, 4.69) is 9.71 Å². The molecule has 5 nitrogen and oxygen atoms in total. The van der Waals surface area contributed by atoms with Crippen LogP contribution in [0.1, 0.15) is 5.56 Å². The predicted octanol–water partition coefficient (Wildman–Crippen LogP) is 1.42. The highest BCUT2D eigenvalue weighted by molar-refractivity contribution is 7.89. The highest BCUT2D eigenvalue weighted by Gasteiger charge is 2.24. The van der Waals surface area contributed by atoms with Gasteiger partial charge in [0.1, 0.15) is 11.6 Å². The minimum absolute atomic E-state index is 0.126. The number of hydrogen-bond acceptors (Lipinski definition) is 4. The predicted molar refractivity (Wildman–Crippen MR) is 69.0 cm³/mol. The highest BCUT2D eigenvalue weighted by Crippen LogP contribution is 2.21. The molecular weight excluding hydrogens is 288 g/mol. The van der Waals surface area contributed by atoms with E-state index in [1.54, 1.807) is 12.1 Å². The second-order valence-electron chi connectivity index (χ2n) is 4.00. The summed E-state index contributed by atoms with van der Waals surface area (Å²) in [5.74, 6) is -2.47. The molecule has 2 rings (SSSR count). The number of nitrogens with two attached hydrogens (primary N) is 1. The number of sulfonamides is 1. The van der Waals surface area contributed by atoms with Crippen LogP contribution in [-0.4, -0.2) is 13.4 Å². The smallest absolute Gasteiger partial charge is 0.246 e. The number of aromatic nitrogens is 1.